The van der Waals surface area contributed by atoms with Gasteiger partial charge in [-0.3, -0.25) is 29.9 Å². The first-order valence-electron chi connectivity index (χ1n) is 8.68. The van der Waals surface area contributed by atoms with Crippen LogP contribution in [0.4, 0.5) is 5.69 Å². The van der Waals surface area contributed by atoms with E-state index in [2.05, 4.69) is 5.32 Å². The van der Waals surface area contributed by atoms with E-state index in [0.717, 1.165) is 0 Å². The number of benzene rings is 1. The molecule has 0 radical (unpaired) electrons. The van der Waals surface area contributed by atoms with E-state index in [9.17, 15) is 19.7 Å². The molecule has 1 aliphatic heterocycles. The van der Waals surface area contributed by atoms with Crippen LogP contribution in [-0.2, 0) is 16.1 Å². The molecule has 1 saturated heterocycles. The van der Waals surface area contributed by atoms with Gasteiger partial charge in [-0.25, -0.2) is 0 Å². The number of rotatable bonds is 5. The Hall–Kier alpha value is -4.05. The molecule has 150 valence electrons. The van der Waals surface area contributed by atoms with Gasteiger partial charge in [0, 0.05) is 17.7 Å². The number of furan rings is 2. The molecule has 0 saturated carbocycles. The van der Waals surface area contributed by atoms with Gasteiger partial charge in [0.1, 0.15) is 22.9 Å². The van der Waals surface area contributed by atoms with Crippen LogP contribution >= 0.6 is 12.2 Å². The number of thiocarbonyl (C=S) groups is 1. The number of carbonyl (C=O) groups is 2. The molecule has 0 unspecified atom stereocenters. The summed E-state index contributed by atoms with van der Waals surface area (Å²) < 4.78 is 10.9. The van der Waals surface area contributed by atoms with Crippen molar-refractivity contribution in [3.63, 3.8) is 0 Å². The predicted molar refractivity (Wildman–Crippen MR) is 109 cm³/mol. The van der Waals surface area contributed by atoms with Crippen LogP contribution in [0.25, 0.3) is 17.4 Å². The zero-order valence-corrected chi connectivity index (χ0v) is 16.0. The number of nitro benzene ring substituents is 1. The number of hydrogen-bond acceptors (Lipinski definition) is 7. The van der Waals surface area contributed by atoms with Crippen LogP contribution in [0.1, 0.15) is 11.5 Å². The highest BCUT2D eigenvalue weighted by Gasteiger charge is 2.34. The Morgan fingerprint density at radius 1 is 1.13 bits per heavy atom. The third-order valence-electron chi connectivity index (χ3n) is 4.36. The highest BCUT2D eigenvalue weighted by molar-refractivity contribution is 7.80. The van der Waals surface area contributed by atoms with E-state index in [1.165, 1.54) is 29.4 Å². The maximum atomic E-state index is 12.8. The van der Waals surface area contributed by atoms with Gasteiger partial charge in [-0.15, -0.1) is 0 Å². The summed E-state index contributed by atoms with van der Waals surface area (Å²) in [7, 11) is 0. The highest BCUT2D eigenvalue weighted by Crippen LogP contribution is 2.26. The smallest absolute Gasteiger partial charge is 0.269 e. The molecule has 3 heterocycles. The number of amides is 2. The second-order valence-electron chi connectivity index (χ2n) is 6.29. The molecular weight excluding hydrogens is 410 g/mol. The minimum atomic E-state index is -0.631. The molecule has 2 amide bonds. The average molecular weight is 423 g/mol. The van der Waals surface area contributed by atoms with Gasteiger partial charge in [-0.05, 0) is 54.7 Å². The number of carbonyl (C=O) groups excluding carboxylic acids is 2. The summed E-state index contributed by atoms with van der Waals surface area (Å²) in [6.45, 7) is 0.0779. The number of nitro groups is 1. The summed E-state index contributed by atoms with van der Waals surface area (Å²) in [6.07, 6.45) is 2.80. The Labute approximate surface area is 174 Å². The van der Waals surface area contributed by atoms with Gasteiger partial charge < -0.3 is 8.83 Å². The highest BCUT2D eigenvalue weighted by atomic mass is 32.1. The van der Waals surface area contributed by atoms with Gasteiger partial charge in [0.15, 0.2) is 5.11 Å². The summed E-state index contributed by atoms with van der Waals surface area (Å²) >= 11 is 5.10. The standard InChI is InChI=1S/C20H13N3O6S/c24-18-16(19(25)22(20(30)21-18)11-15-2-1-9-28-15)10-14-7-8-17(29-14)12-3-5-13(6-4-12)23(26)27/h1-10H,11H2,(H,21,24,30)/b16-10-. The normalized spacial score (nSPS) is 15.5. The zero-order chi connectivity index (χ0) is 21.3. The molecule has 10 heteroatoms. The van der Waals surface area contributed by atoms with Crippen molar-refractivity contribution in [1.29, 1.82) is 0 Å². The van der Waals surface area contributed by atoms with Crippen molar-refractivity contribution in [3.8, 4) is 11.3 Å². The molecule has 1 aromatic carbocycles. The van der Waals surface area contributed by atoms with Crippen LogP contribution < -0.4 is 5.32 Å². The lowest BCUT2D eigenvalue weighted by Crippen LogP contribution is -2.53. The fourth-order valence-corrected chi connectivity index (χ4v) is 3.11. The Bertz CT molecular complexity index is 1180. The second-order valence-corrected chi connectivity index (χ2v) is 6.68. The van der Waals surface area contributed by atoms with Gasteiger partial charge in [-0.1, -0.05) is 0 Å². The topological polar surface area (TPSA) is 119 Å². The molecule has 30 heavy (non-hydrogen) atoms. The van der Waals surface area contributed by atoms with E-state index >= 15 is 0 Å². The van der Waals surface area contributed by atoms with Crippen molar-refractivity contribution < 1.29 is 23.3 Å². The summed E-state index contributed by atoms with van der Waals surface area (Å²) in [5, 5.41) is 13.2. The largest absolute Gasteiger partial charge is 0.467 e. The number of nitrogens with zero attached hydrogens (tertiary/aromatic N) is 2. The monoisotopic (exact) mass is 423 g/mol. The van der Waals surface area contributed by atoms with Crippen molar-refractivity contribution >= 4 is 40.9 Å². The van der Waals surface area contributed by atoms with E-state index in [4.69, 9.17) is 21.1 Å². The van der Waals surface area contributed by atoms with E-state index in [1.807, 2.05) is 0 Å². The molecule has 0 aliphatic carbocycles. The number of non-ortho nitro benzene ring substituents is 1. The van der Waals surface area contributed by atoms with Crippen LogP contribution in [0.3, 0.4) is 0 Å². The summed E-state index contributed by atoms with van der Waals surface area (Å²) in [5.41, 5.74) is 0.440. The van der Waals surface area contributed by atoms with E-state index in [-0.39, 0.29) is 28.7 Å². The lowest BCUT2D eigenvalue weighted by Gasteiger charge is -2.27. The van der Waals surface area contributed by atoms with Gasteiger partial charge in [-0.2, -0.15) is 0 Å². The molecule has 1 N–H and O–H groups in total. The van der Waals surface area contributed by atoms with Crippen molar-refractivity contribution in [2.45, 2.75) is 6.54 Å². The van der Waals surface area contributed by atoms with E-state index in [1.54, 1.807) is 36.4 Å². The van der Waals surface area contributed by atoms with Crippen LogP contribution in [0.5, 0.6) is 0 Å². The van der Waals surface area contributed by atoms with E-state index in [0.29, 0.717) is 17.1 Å². The first-order chi connectivity index (χ1) is 14.4. The minimum absolute atomic E-state index is 0.00966. The maximum Gasteiger partial charge on any atom is 0.269 e. The van der Waals surface area contributed by atoms with Gasteiger partial charge in [0.05, 0.1) is 17.7 Å². The lowest BCUT2D eigenvalue weighted by molar-refractivity contribution is -0.384. The summed E-state index contributed by atoms with van der Waals surface area (Å²) in [6, 6.07) is 12.4. The molecule has 0 atom stereocenters. The first-order valence-corrected chi connectivity index (χ1v) is 9.09. The Balaban J connectivity index is 1.59. The van der Waals surface area contributed by atoms with Gasteiger partial charge in [0.25, 0.3) is 17.5 Å². The predicted octanol–water partition coefficient (Wildman–Crippen LogP) is 3.27. The zero-order valence-electron chi connectivity index (χ0n) is 15.2. The third kappa shape index (κ3) is 3.76. The molecular formula is C20H13N3O6S. The Morgan fingerprint density at radius 3 is 2.57 bits per heavy atom. The average Bonchev–Trinajstić information content (AvgIpc) is 3.40. The fourth-order valence-electron chi connectivity index (χ4n) is 2.87. The molecule has 9 nitrogen and oxygen atoms in total. The van der Waals surface area contributed by atoms with Crippen LogP contribution in [-0.4, -0.2) is 26.8 Å². The SMILES string of the molecule is O=C1NC(=S)N(Cc2ccco2)C(=O)/C1=C\c1ccc(-c2ccc([N+](=O)[O-])cc2)o1. The molecule has 2 aromatic heterocycles. The molecule has 4 rings (SSSR count). The van der Waals surface area contributed by atoms with Crippen molar-refractivity contribution in [1.82, 2.24) is 10.2 Å². The fraction of sp³-hybridized carbons (Fsp3) is 0.0500. The lowest BCUT2D eigenvalue weighted by atomic mass is 10.1. The number of nitrogens with one attached hydrogen (secondary N) is 1. The Morgan fingerprint density at radius 2 is 1.90 bits per heavy atom. The quantitative estimate of drug-likeness (QED) is 0.220. The molecule has 3 aromatic rings. The molecule has 0 bridgehead atoms. The molecule has 1 fully saturated rings. The van der Waals surface area contributed by atoms with Crippen molar-refractivity contribution in [2.24, 2.45) is 0 Å². The number of hydrogen-bond donors (Lipinski definition) is 1. The van der Waals surface area contributed by atoms with Crippen LogP contribution in [0, 0.1) is 10.1 Å². The van der Waals surface area contributed by atoms with Crippen LogP contribution in [0.2, 0.25) is 0 Å². The third-order valence-corrected chi connectivity index (χ3v) is 4.68. The van der Waals surface area contributed by atoms with E-state index < -0.39 is 16.7 Å². The summed E-state index contributed by atoms with van der Waals surface area (Å²) in [5.74, 6) is 0.0121. The Kier molecular flexibility index (Phi) is 4.98. The van der Waals surface area contributed by atoms with Gasteiger partial charge >= 0.3 is 0 Å². The van der Waals surface area contributed by atoms with Crippen molar-refractivity contribution in [2.75, 3.05) is 0 Å². The maximum absolute atomic E-state index is 12.8. The minimum Gasteiger partial charge on any atom is -0.467 e. The van der Waals surface area contributed by atoms with Crippen molar-refractivity contribution in [3.05, 3.63) is 82.0 Å². The second kappa shape index (κ2) is 7.76. The molecule has 0 spiro atoms. The van der Waals surface area contributed by atoms with Crippen LogP contribution in [0.15, 0.2) is 69.2 Å². The first kappa shape index (κ1) is 19.3. The van der Waals surface area contributed by atoms with Gasteiger partial charge in [0.2, 0.25) is 0 Å². The summed E-state index contributed by atoms with van der Waals surface area (Å²) in [4.78, 5) is 36.6. The molecule has 1 aliphatic rings.